The minimum atomic E-state index is 0.0462. The second-order valence-corrected chi connectivity index (χ2v) is 4.91. The van der Waals surface area contributed by atoms with Gasteiger partial charge in [-0.2, -0.15) is 11.3 Å². The van der Waals surface area contributed by atoms with Gasteiger partial charge in [-0.05, 0) is 42.5 Å². The van der Waals surface area contributed by atoms with Crippen LogP contribution in [-0.2, 0) is 4.79 Å². The number of carbonyl (C=O) groups excluding carboxylic acids is 1. The van der Waals surface area contributed by atoms with Gasteiger partial charge in [0.25, 0.3) is 0 Å². The van der Waals surface area contributed by atoms with E-state index >= 15 is 0 Å². The third-order valence-electron chi connectivity index (χ3n) is 3.01. The van der Waals surface area contributed by atoms with Gasteiger partial charge in [-0.1, -0.05) is 13.8 Å². The van der Waals surface area contributed by atoms with E-state index in [4.69, 9.17) is 0 Å². The fraction of sp³-hybridized carbons (Fsp3) is 0.615. The average Bonchev–Trinajstić information content (AvgIpc) is 2.88. The van der Waals surface area contributed by atoms with Crippen LogP contribution in [0.1, 0.15) is 25.5 Å². The lowest BCUT2D eigenvalue weighted by Crippen LogP contribution is -2.40. The van der Waals surface area contributed by atoms with Crippen LogP contribution < -0.4 is 10.6 Å². The lowest BCUT2D eigenvalue weighted by Gasteiger charge is -2.29. The van der Waals surface area contributed by atoms with Crippen molar-refractivity contribution in [3.8, 4) is 0 Å². The number of rotatable bonds is 8. The van der Waals surface area contributed by atoms with E-state index in [0.717, 1.165) is 13.1 Å². The molecule has 0 fully saturated rings. The van der Waals surface area contributed by atoms with E-state index in [1.54, 1.807) is 18.4 Å². The highest BCUT2D eigenvalue weighted by Crippen LogP contribution is 2.22. The number of likely N-dealkylation sites (N-methyl/N-ethyl adjacent to an activating group) is 2. The molecule has 0 saturated heterocycles. The summed E-state index contributed by atoms with van der Waals surface area (Å²) in [5.74, 6) is 0.0462. The number of hydrogen-bond acceptors (Lipinski definition) is 4. The SMILES string of the molecule is CCN(CC)C(CNC(=O)CNC)c1ccsc1. The Hall–Kier alpha value is -0.910. The van der Waals surface area contributed by atoms with E-state index in [9.17, 15) is 4.79 Å². The van der Waals surface area contributed by atoms with Crippen LogP contribution in [0.15, 0.2) is 16.8 Å². The second-order valence-electron chi connectivity index (χ2n) is 4.13. The molecule has 1 unspecified atom stereocenters. The second kappa shape index (κ2) is 8.24. The van der Waals surface area contributed by atoms with Crippen molar-refractivity contribution >= 4 is 17.2 Å². The molecule has 5 heteroatoms. The number of carbonyl (C=O) groups is 1. The van der Waals surface area contributed by atoms with Crippen LogP contribution >= 0.6 is 11.3 Å². The van der Waals surface area contributed by atoms with Crippen molar-refractivity contribution in [2.24, 2.45) is 0 Å². The zero-order valence-corrected chi connectivity index (χ0v) is 12.2. The summed E-state index contributed by atoms with van der Waals surface area (Å²) in [6.07, 6.45) is 0. The maximum absolute atomic E-state index is 11.5. The van der Waals surface area contributed by atoms with Gasteiger partial charge in [0, 0.05) is 6.54 Å². The van der Waals surface area contributed by atoms with Gasteiger partial charge < -0.3 is 10.6 Å². The van der Waals surface area contributed by atoms with Gasteiger partial charge in [0.2, 0.25) is 5.91 Å². The van der Waals surface area contributed by atoms with Gasteiger partial charge >= 0.3 is 0 Å². The Morgan fingerprint density at radius 1 is 1.44 bits per heavy atom. The molecular formula is C13H23N3OS. The molecule has 0 bridgehead atoms. The third-order valence-corrected chi connectivity index (χ3v) is 3.71. The predicted molar refractivity (Wildman–Crippen MR) is 76.9 cm³/mol. The first-order valence-electron chi connectivity index (χ1n) is 6.40. The summed E-state index contributed by atoms with van der Waals surface area (Å²) in [4.78, 5) is 13.9. The van der Waals surface area contributed by atoms with Gasteiger partial charge in [-0.25, -0.2) is 0 Å². The Balaban J connectivity index is 2.64. The highest BCUT2D eigenvalue weighted by molar-refractivity contribution is 7.07. The Morgan fingerprint density at radius 3 is 2.67 bits per heavy atom. The fourth-order valence-corrected chi connectivity index (χ4v) is 2.73. The minimum Gasteiger partial charge on any atom is -0.353 e. The van der Waals surface area contributed by atoms with Crippen molar-refractivity contribution in [1.29, 1.82) is 0 Å². The molecule has 0 radical (unpaired) electrons. The summed E-state index contributed by atoms with van der Waals surface area (Å²) in [7, 11) is 1.78. The van der Waals surface area contributed by atoms with Crippen LogP contribution in [-0.4, -0.2) is 44.0 Å². The molecule has 0 aliphatic rings. The van der Waals surface area contributed by atoms with Crippen molar-refractivity contribution in [1.82, 2.24) is 15.5 Å². The van der Waals surface area contributed by atoms with Crippen LogP contribution in [0.4, 0.5) is 0 Å². The number of nitrogens with one attached hydrogen (secondary N) is 2. The fourth-order valence-electron chi connectivity index (χ4n) is 2.02. The van der Waals surface area contributed by atoms with Crippen LogP contribution in [0.3, 0.4) is 0 Å². The number of amides is 1. The Labute approximate surface area is 113 Å². The van der Waals surface area contributed by atoms with E-state index in [-0.39, 0.29) is 11.9 Å². The van der Waals surface area contributed by atoms with Crippen molar-refractivity contribution < 1.29 is 4.79 Å². The highest BCUT2D eigenvalue weighted by Gasteiger charge is 2.18. The minimum absolute atomic E-state index is 0.0462. The zero-order chi connectivity index (χ0) is 13.4. The molecule has 1 heterocycles. The number of hydrogen-bond donors (Lipinski definition) is 2. The highest BCUT2D eigenvalue weighted by atomic mass is 32.1. The molecule has 0 aliphatic heterocycles. The van der Waals surface area contributed by atoms with E-state index in [2.05, 4.69) is 46.2 Å². The molecule has 0 saturated carbocycles. The van der Waals surface area contributed by atoms with Crippen LogP contribution in [0.25, 0.3) is 0 Å². The standard InChI is InChI=1S/C13H23N3OS/c1-4-16(5-2)12(11-6-7-18-10-11)8-15-13(17)9-14-3/h6-7,10,12,14H,4-5,8-9H2,1-3H3,(H,15,17). The summed E-state index contributed by atoms with van der Waals surface area (Å²) in [5.41, 5.74) is 1.29. The normalized spacial score (nSPS) is 12.7. The summed E-state index contributed by atoms with van der Waals surface area (Å²) in [6.45, 7) is 7.31. The molecule has 1 aromatic heterocycles. The van der Waals surface area contributed by atoms with Crippen molar-refractivity contribution in [3.05, 3.63) is 22.4 Å². The molecule has 18 heavy (non-hydrogen) atoms. The molecule has 2 N–H and O–H groups in total. The van der Waals surface area contributed by atoms with Crippen molar-refractivity contribution in [3.63, 3.8) is 0 Å². The summed E-state index contributed by atoms with van der Waals surface area (Å²) < 4.78 is 0. The Bertz CT molecular complexity index is 336. The summed E-state index contributed by atoms with van der Waals surface area (Å²) in [6, 6.07) is 2.41. The van der Waals surface area contributed by atoms with Gasteiger partial charge in [0.1, 0.15) is 0 Å². The van der Waals surface area contributed by atoms with Gasteiger partial charge in [0.15, 0.2) is 0 Å². The first-order chi connectivity index (χ1) is 8.72. The molecule has 102 valence electrons. The molecule has 1 amide bonds. The van der Waals surface area contributed by atoms with E-state index < -0.39 is 0 Å². The molecule has 0 spiro atoms. The molecule has 1 aromatic rings. The number of nitrogens with zero attached hydrogens (tertiary/aromatic N) is 1. The van der Waals surface area contributed by atoms with E-state index in [1.165, 1.54) is 5.56 Å². The summed E-state index contributed by atoms with van der Waals surface area (Å²) >= 11 is 1.70. The van der Waals surface area contributed by atoms with Crippen molar-refractivity contribution in [2.75, 3.05) is 33.2 Å². The third kappa shape index (κ3) is 4.40. The Morgan fingerprint density at radius 2 is 2.17 bits per heavy atom. The smallest absolute Gasteiger partial charge is 0.234 e. The van der Waals surface area contributed by atoms with E-state index in [0.29, 0.717) is 13.1 Å². The maximum Gasteiger partial charge on any atom is 0.234 e. The molecular weight excluding hydrogens is 246 g/mol. The van der Waals surface area contributed by atoms with Crippen molar-refractivity contribution in [2.45, 2.75) is 19.9 Å². The van der Waals surface area contributed by atoms with Crippen LogP contribution in [0.2, 0.25) is 0 Å². The molecule has 1 rings (SSSR count). The average molecular weight is 269 g/mol. The van der Waals surface area contributed by atoms with Gasteiger partial charge in [-0.3, -0.25) is 9.69 Å². The first kappa shape index (κ1) is 15.1. The summed E-state index contributed by atoms with van der Waals surface area (Å²) in [5, 5.41) is 10.1. The lowest BCUT2D eigenvalue weighted by molar-refractivity contribution is -0.120. The zero-order valence-electron chi connectivity index (χ0n) is 11.4. The largest absolute Gasteiger partial charge is 0.353 e. The molecule has 0 aromatic carbocycles. The monoisotopic (exact) mass is 269 g/mol. The lowest BCUT2D eigenvalue weighted by atomic mass is 10.1. The molecule has 0 aliphatic carbocycles. The molecule has 4 nitrogen and oxygen atoms in total. The predicted octanol–water partition coefficient (Wildman–Crippen LogP) is 1.47. The van der Waals surface area contributed by atoms with Crippen LogP contribution in [0, 0.1) is 0 Å². The molecule has 1 atom stereocenters. The van der Waals surface area contributed by atoms with E-state index in [1.807, 2.05) is 0 Å². The van der Waals surface area contributed by atoms with Crippen LogP contribution in [0.5, 0.6) is 0 Å². The first-order valence-corrected chi connectivity index (χ1v) is 7.34. The quantitative estimate of drug-likeness (QED) is 0.751. The Kier molecular flexibility index (Phi) is 6.93. The maximum atomic E-state index is 11.5. The topological polar surface area (TPSA) is 44.4 Å². The number of thiophene rings is 1. The van der Waals surface area contributed by atoms with Gasteiger partial charge in [-0.15, -0.1) is 0 Å². The van der Waals surface area contributed by atoms with Gasteiger partial charge in [0.05, 0.1) is 12.6 Å².